The highest BCUT2D eigenvalue weighted by molar-refractivity contribution is 5.92. The zero-order valence-electron chi connectivity index (χ0n) is 11.2. The number of H-pyrrole nitrogens is 1. The fraction of sp³-hybridized carbons (Fsp3) is 0.214. The Morgan fingerprint density at radius 1 is 1.25 bits per heavy atom. The Morgan fingerprint density at radius 3 is 2.50 bits per heavy atom. The predicted molar refractivity (Wildman–Crippen MR) is 76.1 cm³/mol. The zero-order valence-corrected chi connectivity index (χ0v) is 11.2. The summed E-state index contributed by atoms with van der Waals surface area (Å²) >= 11 is 0. The Bertz CT molecular complexity index is 628. The van der Waals surface area contributed by atoms with Crippen LogP contribution in [0.5, 0.6) is 0 Å². The number of aromatic nitrogens is 2. The molecule has 0 aliphatic heterocycles. The third-order valence-electron chi connectivity index (χ3n) is 2.92. The lowest BCUT2D eigenvalue weighted by Gasteiger charge is -2.20. The molecule has 1 heterocycles. The van der Waals surface area contributed by atoms with Crippen LogP contribution >= 0.6 is 0 Å². The van der Waals surface area contributed by atoms with Crippen LogP contribution < -0.4 is 11.3 Å². The molecule has 0 saturated heterocycles. The number of hydrogen-bond donors (Lipinski definition) is 2. The first-order chi connectivity index (χ1) is 9.60. The highest BCUT2D eigenvalue weighted by Crippen LogP contribution is 2.10. The number of benzene rings is 1. The van der Waals surface area contributed by atoms with Gasteiger partial charge in [-0.25, -0.2) is 5.10 Å². The highest BCUT2D eigenvalue weighted by Gasteiger charge is 2.15. The summed E-state index contributed by atoms with van der Waals surface area (Å²) in [7, 11) is 0. The summed E-state index contributed by atoms with van der Waals surface area (Å²) in [6.07, 6.45) is 0. The summed E-state index contributed by atoms with van der Waals surface area (Å²) in [6.45, 7) is 2.90. The second kappa shape index (κ2) is 6.01. The minimum absolute atomic E-state index is 0.222. The lowest BCUT2D eigenvalue weighted by molar-refractivity contribution is 0.0745. The number of nitrogens with zero attached hydrogens (tertiary/aromatic N) is 2. The number of carbonyl (C=O) groups is 1. The fourth-order valence-electron chi connectivity index (χ4n) is 1.80. The van der Waals surface area contributed by atoms with Crippen LogP contribution in [0.15, 0.2) is 41.2 Å². The zero-order chi connectivity index (χ0) is 14.5. The maximum absolute atomic E-state index is 12.3. The van der Waals surface area contributed by atoms with E-state index in [1.54, 1.807) is 17.0 Å². The van der Waals surface area contributed by atoms with Crippen molar-refractivity contribution in [2.24, 2.45) is 0 Å². The van der Waals surface area contributed by atoms with Crippen LogP contribution in [0, 0.1) is 0 Å². The third-order valence-corrected chi connectivity index (χ3v) is 2.92. The van der Waals surface area contributed by atoms with Crippen LogP contribution in [0.4, 0.5) is 5.69 Å². The van der Waals surface area contributed by atoms with Gasteiger partial charge in [0.05, 0.1) is 0 Å². The largest absolute Gasteiger partial charge is 0.399 e. The van der Waals surface area contributed by atoms with E-state index in [0.29, 0.717) is 18.8 Å². The molecule has 3 N–H and O–H groups in total. The minimum atomic E-state index is -0.330. The first-order valence-electron chi connectivity index (χ1n) is 6.29. The smallest absolute Gasteiger partial charge is 0.274 e. The standard InChI is InChI=1S/C14H16N4O2/c1-2-18(9-10-3-5-11(15)6-4-10)14(20)12-7-8-13(19)17-16-12/h3-8H,2,9,15H2,1H3,(H,17,19). The van der Waals surface area contributed by atoms with Crippen LogP contribution in [0.3, 0.4) is 0 Å². The van der Waals surface area contributed by atoms with Gasteiger partial charge in [-0.15, -0.1) is 0 Å². The minimum Gasteiger partial charge on any atom is -0.399 e. The molecule has 0 saturated carbocycles. The van der Waals surface area contributed by atoms with Crippen molar-refractivity contribution in [3.8, 4) is 0 Å². The quantitative estimate of drug-likeness (QED) is 0.813. The molecule has 6 nitrogen and oxygen atoms in total. The Balaban J connectivity index is 2.15. The Labute approximate surface area is 116 Å². The highest BCUT2D eigenvalue weighted by atomic mass is 16.2. The maximum atomic E-state index is 12.3. The van der Waals surface area contributed by atoms with E-state index in [2.05, 4.69) is 10.2 Å². The molecule has 0 unspecified atom stereocenters. The van der Waals surface area contributed by atoms with E-state index < -0.39 is 0 Å². The monoisotopic (exact) mass is 272 g/mol. The predicted octanol–water partition coefficient (Wildman–Crippen LogP) is 1.01. The molecule has 2 aromatic rings. The number of rotatable bonds is 4. The normalized spacial score (nSPS) is 10.2. The van der Waals surface area contributed by atoms with Crippen LogP contribution in [-0.2, 0) is 6.54 Å². The van der Waals surface area contributed by atoms with E-state index >= 15 is 0 Å². The van der Waals surface area contributed by atoms with E-state index in [1.807, 2.05) is 19.1 Å². The van der Waals surface area contributed by atoms with Gasteiger partial charge in [0.15, 0.2) is 0 Å². The summed E-state index contributed by atoms with van der Waals surface area (Å²) < 4.78 is 0. The van der Waals surface area contributed by atoms with Gasteiger partial charge >= 0.3 is 0 Å². The molecular weight excluding hydrogens is 256 g/mol. The average Bonchev–Trinajstić information content (AvgIpc) is 2.47. The van der Waals surface area contributed by atoms with Crippen LogP contribution in [-0.4, -0.2) is 27.5 Å². The molecule has 1 aromatic heterocycles. The van der Waals surface area contributed by atoms with E-state index in [9.17, 15) is 9.59 Å². The van der Waals surface area contributed by atoms with Crippen LogP contribution in [0.25, 0.3) is 0 Å². The number of hydrogen-bond acceptors (Lipinski definition) is 4. The summed E-state index contributed by atoms with van der Waals surface area (Å²) in [5, 5.41) is 6.02. The van der Waals surface area contributed by atoms with Crippen molar-refractivity contribution in [2.75, 3.05) is 12.3 Å². The number of nitrogen functional groups attached to an aromatic ring is 1. The first kappa shape index (κ1) is 13.8. The van der Waals surface area contributed by atoms with Gasteiger partial charge in [-0.1, -0.05) is 12.1 Å². The van der Waals surface area contributed by atoms with Gasteiger partial charge in [-0.3, -0.25) is 9.59 Å². The number of anilines is 1. The Kier molecular flexibility index (Phi) is 4.14. The first-order valence-corrected chi connectivity index (χ1v) is 6.29. The van der Waals surface area contributed by atoms with E-state index in [-0.39, 0.29) is 17.2 Å². The molecule has 2 rings (SSSR count). The molecule has 1 aromatic carbocycles. The van der Waals surface area contributed by atoms with Crippen LogP contribution in [0.2, 0.25) is 0 Å². The van der Waals surface area contributed by atoms with Gasteiger partial charge in [0.25, 0.3) is 11.5 Å². The van der Waals surface area contributed by atoms with Crippen molar-refractivity contribution in [3.05, 3.63) is 58.0 Å². The molecule has 0 radical (unpaired) electrons. The number of nitrogens with two attached hydrogens (primary N) is 1. The van der Waals surface area contributed by atoms with Gasteiger partial charge in [-0.05, 0) is 30.7 Å². The van der Waals surface area contributed by atoms with Gasteiger partial charge in [0.2, 0.25) is 0 Å². The molecular formula is C14H16N4O2. The molecule has 0 spiro atoms. The SMILES string of the molecule is CCN(Cc1ccc(N)cc1)C(=O)c1ccc(=O)[nH]n1. The Morgan fingerprint density at radius 2 is 1.95 bits per heavy atom. The van der Waals surface area contributed by atoms with Crippen molar-refractivity contribution in [1.29, 1.82) is 0 Å². The lowest BCUT2D eigenvalue weighted by atomic mass is 10.2. The molecule has 20 heavy (non-hydrogen) atoms. The molecule has 6 heteroatoms. The molecule has 1 amide bonds. The van der Waals surface area contributed by atoms with Crippen molar-refractivity contribution < 1.29 is 4.79 Å². The average molecular weight is 272 g/mol. The maximum Gasteiger partial charge on any atom is 0.274 e. The third kappa shape index (κ3) is 3.23. The summed E-state index contributed by atoms with van der Waals surface area (Å²) in [6, 6.07) is 10.1. The summed E-state index contributed by atoms with van der Waals surface area (Å²) in [4.78, 5) is 24.9. The second-order valence-corrected chi connectivity index (χ2v) is 4.37. The Hall–Kier alpha value is -2.63. The summed E-state index contributed by atoms with van der Waals surface area (Å²) in [5.74, 6) is -0.222. The van der Waals surface area contributed by atoms with Crippen molar-refractivity contribution >= 4 is 11.6 Å². The molecule has 0 fully saturated rings. The van der Waals surface area contributed by atoms with E-state index in [1.165, 1.54) is 12.1 Å². The molecule has 104 valence electrons. The van der Waals surface area contributed by atoms with Crippen LogP contribution in [0.1, 0.15) is 23.0 Å². The van der Waals surface area contributed by atoms with Gasteiger partial charge < -0.3 is 10.6 Å². The number of nitrogens with one attached hydrogen (secondary N) is 1. The van der Waals surface area contributed by atoms with Crippen molar-refractivity contribution in [3.63, 3.8) is 0 Å². The fourth-order valence-corrected chi connectivity index (χ4v) is 1.80. The van der Waals surface area contributed by atoms with Gasteiger partial charge in [0.1, 0.15) is 5.69 Å². The molecule has 0 aliphatic carbocycles. The lowest BCUT2D eigenvalue weighted by Crippen LogP contribution is -2.31. The van der Waals surface area contributed by atoms with Gasteiger partial charge in [-0.2, -0.15) is 5.10 Å². The van der Waals surface area contributed by atoms with Crippen molar-refractivity contribution in [2.45, 2.75) is 13.5 Å². The number of carbonyl (C=O) groups excluding carboxylic acids is 1. The van der Waals surface area contributed by atoms with Gasteiger partial charge in [0, 0.05) is 24.8 Å². The second-order valence-electron chi connectivity index (χ2n) is 4.37. The number of amides is 1. The van der Waals surface area contributed by atoms with Crippen molar-refractivity contribution in [1.82, 2.24) is 15.1 Å². The topological polar surface area (TPSA) is 92.1 Å². The molecule has 0 aliphatic rings. The molecule has 0 bridgehead atoms. The van der Waals surface area contributed by atoms with E-state index in [4.69, 9.17) is 5.73 Å². The molecule has 0 atom stereocenters. The summed E-state index contributed by atoms with van der Waals surface area (Å²) in [5.41, 5.74) is 7.19. The number of aromatic amines is 1. The van der Waals surface area contributed by atoms with E-state index in [0.717, 1.165) is 5.56 Å².